The number of benzene rings is 1. The lowest BCUT2D eigenvalue weighted by atomic mass is 9.88. The number of ether oxygens (including phenoxy) is 2. The number of alkyl halides is 2. The van der Waals surface area contributed by atoms with Crippen molar-refractivity contribution in [3.63, 3.8) is 0 Å². The van der Waals surface area contributed by atoms with Gasteiger partial charge in [-0.25, -0.2) is 26.9 Å². The van der Waals surface area contributed by atoms with E-state index in [0.29, 0.717) is 5.69 Å². The van der Waals surface area contributed by atoms with Crippen molar-refractivity contribution in [2.24, 2.45) is 0 Å². The lowest BCUT2D eigenvalue weighted by Crippen LogP contribution is -2.57. The number of halogens is 5. The second-order valence-corrected chi connectivity index (χ2v) is 9.50. The highest BCUT2D eigenvalue weighted by Crippen LogP contribution is 2.46. The number of hydrogen-bond donors (Lipinski definition) is 2. The van der Waals surface area contributed by atoms with E-state index >= 15 is 0 Å². The standard InChI is InChI=1S/C22H23ClF4N6O4/c1-36-21-14(6-10-7-32(30-28-10)16-4-5-22(16,26)27)37-15(9-34)20(35)19(21)33-8-13(29-31-33)11-2-3-12(23)18(25)17(11)24/h2-3,7-8,14-16,19-21,34-35H,4-6,9H2,1H3/t14-,15-,16+,19+,20+,21+/m1/s1. The van der Waals surface area contributed by atoms with E-state index in [2.05, 4.69) is 20.6 Å². The van der Waals surface area contributed by atoms with Gasteiger partial charge in [-0.05, 0) is 18.6 Å². The molecule has 10 nitrogen and oxygen atoms in total. The zero-order chi connectivity index (χ0) is 26.5. The summed E-state index contributed by atoms with van der Waals surface area (Å²) in [6.07, 6.45) is -1.23. The minimum atomic E-state index is -2.85. The molecule has 37 heavy (non-hydrogen) atoms. The second kappa shape index (κ2) is 9.91. The van der Waals surface area contributed by atoms with Crippen molar-refractivity contribution in [1.29, 1.82) is 0 Å². The third-order valence-electron chi connectivity index (χ3n) is 6.89. The predicted molar refractivity (Wildman–Crippen MR) is 119 cm³/mol. The molecule has 15 heteroatoms. The summed E-state index contributed by atoms with van der Waals surface area (Å²) in [5, 5.41) is 36.1. The Kier molecular flexibility index (Phi) is 6.96. The highest BCUT2D eigenvalue weighted by atomic mass is 35.5. The summed E-state index contributed by atoms with van der Waals surface area (Å²) in [6, 6.07) is 0.400. The van der Waals surface area contributed by atoms with E-state index in [1.807, 2.05) is 0 Å². The summed E-state index contributed by atoms with van der Waals surface area (Å²) in [7, 11) is 1.37. The van der Waals surface area contributed by atoms with E-state index in [4.69, 9.17) is 21.1 Å². The van der Waals surface area contributed by atoms with Gasteiger partial charge in [0.1, 0.15) is 36.1 Å². The van der Waals surface area contributed by atoms with Crippen molar-refractivity contribution < 1.29 is 37.2 Å². The average Bonchev–Trinajstić information content (AvgIpc) is 3.52. The molecule has 1 saturated carbocycles. The van der Waals surface area contributed by atoms with Crippen LogP contribution in [-0.4, -0.2) is 84.3 Å². The van der Waals surface area contributed by atoms with Crippen molar-refractivity contribution in [2.45, 2.75) is 61.7 Å². The van der Waals surface area contributed by atoms with Gasteiger partial charge in [-0.1, -0.05) is 22.0 Å². The number of hydrogen-bond acceptors (Lipinski definition) is 8. The highest BCUT2D eigenvalue weighted by Gasteiger charge is 2.51. The quantitative estimate of drug-likeness (QED) is 0.342. The molecule has 0 radical (unpaired) electrons. The van der Waals surface area contributed by atoms with Crippen LogP contribution in [0.25, 0.3) is 11.3 Å². The van der Waals surface area contributed by atoms with E-state index in [0.717, 1.165) is 4.68 Å². The van der Waals surface area contributed by atoms with Crippen molar-refractivity contribution in [2.75, 3.05) is 13.7 Å². The monoisotopic (exact) mass is 546 g/mol. The SMILES string of the molecule is CO[C@@H]1[C@@H](n2cc(-c3ccc(Cl)c(F)c3F)nn2)[C@@H](O)[C@@H](CO)O[C@@H]1Cc1cn([C@H]2CCC2(F)F)nn1. The first-order chi connectivity index (χ1) is 17.6. The van der Waals surface area contributed by atoms with Gasteiger partial charge in [0.05, 0.1) is 29.6 Å². The summed E-state index contributed by atoms with van der Waals surface area (Å²) in [5.74, 6) is -5.29. The molecule has 1 aromatic carbocycles. The van der Waals surface area contributed by atoms with E-state index < -0.39 is 60.7 Å². The number of methoxy groups -OCH3 is 1. The van der Waals surface area contributed by atoms with Crippen LogP contribution in [0.3, 0.4) is 0 Å². The Balaban J connectivity index is 1.42. The Morgan fingerprint density at radius 2 is 1.89 bits per heavy atom. The van der Waals surface area contributed by atoms with Gasteiger partial charge in [0.15, 0.2) is 11.6 Å². The normalized spacial score (nSPS) is 29.3. The van der Waals surface area contributed by atoms with E-state index in [1.165, 1.54) is 36.3 Å². The van der Waals surface area contributed by atoms with E-state index in [-0.39, 0.29) is 35.5 Å². The summed E-state index contributed by atoms with van der Waals surface area (Å²) in [5.41, 5.74) is 0.131. The predicted octanol–water partition coefficient (Wildman–Crippen LogP) is 2.36. The van der Waals surface area contributed by atoms with Gasteiger partial charge in [0.25, 0.3) is 5.92 Å². The van der Waals surface area contributed by atoms with E-state index in [1.54, 1.807) is 0 Å². The Bertz CT molecular complexity index is 1280. The minimum Gasteiger partial charge on any atom is -0.394 e. The molecule has 5 rings (SSSR count). The highest BCUT2D eigenvalue weighted by molar-refractivity contribution is 6.30. The van der Waals surface area contributed by atoms with Gasteiger partial charge in [0.2, 0.25) is 0 Å². The largest absolute Gasteiger partial charge is 0.394 e. The van der Waals surface area contributed by atoms with Crippen molar-refractivity contribution in [1.82, 2.24) is 30.0 Å². The molecule has 0 amide bonds. The molecule has 1 saturated heterocycles. The van der Waals surface area contributed by atoms with Crippen molar-refractivity contribution in [3.05, 3.63) is 46.9 Å². The second-order valence-electron chi connectivity index (χ2n) is 9.09. The van der Waals surface area contributed by atoms with Crippen LogP contribution >= 0.6 is 11.6 Å². The Labute approximate surface area is 212 Å². The van der Waals surface area contributed by atoms with Crippen LogP contribution < -0.4 is 0 Å². The number of aliphatic hydroxyl groups is 2. The lowest BCUT2D eigenvalue weighted by molar-refractivity contribution is -0.212. The minimum absolute atomic E-state index is 0.0249. The van der Waals surface area contributed by atoms with Crippen LogP contribution in [0.4, 0.5) is 17.6 Å². The number of rotatable bonds is 7. The Hall–Kier alpha value is -2.65. The fourth-order valence-electron chi connectivity index (χ4n) is 4.78. The molecule has 200 valence electrons. The van der Waals surface area contributed by atoms with Crippen molar-refractivity contribution in [3.8, 4) is 11.3 Å². The number of nitrogens with zero attached hydrogens (tertiary/aromatic N) is 6. The number of aliphatic hydroxyl groups excluding tert-OH is 2. The smallest absolute Gasteiger partial charge is 0.270 e. The zero-order valence-electron chi connectivity index (χ0n) is 19.4. The summed E-state index contributed by atoms with van der Waals surface area (Å²) < 4.78 is 69.8. The topological polar surface area (TPSA) is 120 Å². The molecular formula is C22H23ClF4N6O4. The van der Waals surface area contributed by atoms with Crippen LogP contribution in [0.15, 0.2) is 24.5 Å². The molecule has 0 spiro atoms. The van der Waals surface area contributed by atoms with Gasteiger partial charge in [-0.2, -0.15) is 0 Å². The Morgan fingerprint density at radius 1 is 1.14 bits per heavy atom. The molecule has 0 bridgehead atoms. The molecule has 1 aliphatic carbocycles. The van der Waals surface area contributed by atoms with Gasteiger partial charge in [-0.3, -0.25) is 0 Å². The van der Waals surface area contributed by atoms with Gasteiger partial charge in [0, 0.05) is 31.7 Å². The molecule has 3 aromatic rings. The molecule has 2 fully saturated rings. The molecule has 0 unspecified atom stereocenters. The van der Waals surface area contributed by atoms with Gasteiger partial charge in [-0.15, -0.1) is 10.2 Å². The van der Waals surface area contributed by atoms with Crippen LogP contribution in [0.2, 0.25) is 5.02 Å². The van der Waals surface area contributed by atoms with Crippen molar-refractivity contribution >= 4 is 11.6 Å². The maximum atomic E-state index is 14.5. The third-order valence-corrected chi connectivity index (χ3v) is 7.18. The molecule has 2 aliphatic rings. The average molecular weight is 547 g/mol. The summed E-state index contributed by atoms with van der Waals surface area (Å²) in [6.45, 7) is -0.551. The molecule has 3 heterocycles. The zero-order valence-corrected chi connectivity index (χ0v) is 20.1. The fourth-order valence-corrected chi connectivity index (χ4v) is 4.93. The first-order valence-corrected chi connectivity index (χ1v) is 11.8. The lowest BCUT2D eigenvalue weighted by Gasteiger charge is -2.43. The first-order valence-electron chi connectivity index (χ1n) is 11.5. The van der Waals surface area contributed by atoms with Gasteiger partial charge >= 0.3 is 0 Å². The third kappa shape index (κ3) is 4.61. The van der Waals surface area contributed by atoms with Crippen LogP contribution in [0.5, 0.6) is 0 Å². The summed E-state index contributed by atoms with van der Waals surface area (Å²) in [4.78, 5) is 0. The fraction of sp³-hybridized carbons (Fsp3) is 0.545. The summed E-state index contributed by atoms with van der Waals surface area (Å²) >= 11 is 5.62. The molecular weight excluding hydrogens is 524 g/mol. The van der Waals surface area contributed by atoms with Crippen LogP contribution in [-0.2, 0) is 15.9 Å². The molecule has 2 N–H and O–H groups in total. The molecule has 2 aromatic heterocycles. The number of aromatic nitrogens is 6. The van der Waals surface area contributed by atoms with Crippen LogP contribution in [0.1, 0.15) is 30.6 Å². The Morgan fingerprint density at radius 3 is 2.54 bits per heavy atom. The van der Waals surface area contributed by atoms with E-state index in [9.17, 15) is 27.8 Å². The molecule has 6 atom stereocenters. The van der Waals surface area contributed by atoms with Gasteiger partial charge < -0.3 is 19.7 Å². The maximum Gasteiger partial charge on any atom is 0.270 e. The van der Waals surface area contributed by atoms with Crippen LogP contribution in [0, 0.1) is 11.6 Å². The first kappa shape index (κ1) is 26.0. The molecule has 1 aliphatic heterocycles. The maximum absolute atomic E-state index is 14.5.